The van der Waals surface area contributed by atoms with Gasteiger partial charge in [0, 0.05) is 29.3 Å². The van der Waals surface area contributed by atoms with Crippen LogP contribution < -0.4 is 5.32 Å². The molecule has 6 nitrogen and oxygen atoms in total. The van der Waals surface area contributed by atoms with Crippen molar-refractivity contribution in [1.82, 2.24) is 25.3 Å². The lowest BCUT2D eigenvalue weighted by molar-refractivity contribution is 0.0946. The Kier molecular flexibility index (Phi) is 4.71. The highest BCUT2D eigenvalue weighted by atomic mass is 79.9. The Morgan fingerprint density at radius 1 is 1.32 bits per heavy atom. The molecule has 0 aliphatic carbocycles. The SMILES string of the molecule is Cc1nn(C)c(C)c1-c1cc(C(=O)NCc2cc(F)cc(Br)c2)[nH]n1. The minimum Gasteiger partial charge on any atom is -0.347 e. The molecule has 0 spiro atoms. The number of halogens is 2. The minimum absolute atomic E-state index is 0.217. The van der Waals surface area contributed by atoms with E-state index in [1.54, 1.807) is 16.8 Å². The van der Waals surface area contributed by atoms with Gasteiger partial charge in [0.05, 0.1) is 11.4 Å². The molecule has 0 saturated carbocycles. The largest absolute Gasteiger partial charge is 0.347 e. The van der Waals surface area contributed by atoms with Crippen molar-refractivity contribution in [2.45, 2.75) is 20.4 Å². The van der Waals surface area contributed by atoms with Crippen molar-refractivity contribution >= 4 is 21.8 Å². The molecule has 8 heteroatoms. The summed E-state index contributed by atoms with van der Waals surface area (Å²) in [6.45, 7) is 4.07. The summed E-state index contributed by atoms with van der Waals surface area (Å²) in [5.41, 5.74) is 4.41. The zero-order chi connectivity index (χ0) is 18.1. The highest BCUT2D eigenvalue weighted by Gasteiger charge is 2.17. The number of aromatic nitrogens is 4. The molecule has 0 fully saturated rings. The minimum atomic E-state index is -0.357. The van der Waals surface area contributed by atoms with Gasteiger partial charge in [0.25, 0.3) is 5.91 Å². The molecular formula is C17H17BrFN5O. The predicted octanol–water partition coefficient (Wildman–Crippen LogP) is 3.26. The van der Waals surface area contributed by atoms with Gasteiger partial charge < -0.3 is 5.32 Å². The van der Waals surface area contributed by atoms with Crippen molar-refractivity contribution in [3.05, 3.63) is 57.2 Å². The third-order valence-electron chi connectivity index (χ3n) is 3.96. The standard InChI is InChI=1S/C17H17BrFN5O/c1-9-16(10(2)24(3)23-9)14-7-15(22-21-14)17(25)20-8-11-4-12(18)6-13(19)5-11/h4-7H,8H2,1-3H3,(H,20,25)(H,21,22). The Balaban J connectivity index is 1.74. The molecule has 3 aromatic rings. The maximum Gasteiger partial charge on any atom is 0.269 e. The van der Waals surface area contributed by atoms with E-state index in [1.807, 2.05) is 20.9 Å². The number of nitrogens with zero attached hydrogens (tertiary/aromatic N) is 3. The average Bonchev–Trinajstić information content (AvgIpc) is 3.09. The second kappa shape index (κ2) is 6.79. The number of hydrogen-bond acceptors (Lipinski definition) is 3. The van der Waals surface area contributed by atoms with Gasteiger partial charge in [-0.1, -0.05) is 15.9 Å². The first-order valence-corrected chi connectivity index (χ1v) is 8.43. The third kappa shape index (κ3) is 3.63. The van der Waals surface area contributed by atoms with Crippen LogP contribution in [0.4, 0.5) is 4.39 Å². The molecule has 0 aliphatic rings. The van der Waals surface area contributed by atoms with Crippen LogP contribution in [0.5, 0.6) is 0 Å². The van der Waals surface area contributed by atoms with Crippen molar-refractivity contribution in [2.75, 3.05) is 0 Å². The van der Waals surface area contributed by atoms with Gasteiger partial charge >= 0.3 is 0 Å². The van der Waals surface area contributed by atoms with Crippen molar-refractivity contribution in [3.8, 4) is 11.3 Å². The fourth-order valence-electron chi connectivity index (χ4n) is 2.70. The van der Waals surface area contributed by atoms with Gasteiger partial charge in [0.1, 0.15) is 11.5 Å². The molecule has 25 heavy (non-hydrogen) atoms. The van der Waals surface area contributed by atoms with Crippen LogP contribution in [-0.2, 0) is 13.6 Å². The van der Waals surface area contributed by atoms with Gasteiger partial charge in [-0.3, -0.25) is 14.6 Å². The zero-order valence-electron chi connectivity index (χ0n) is 14.0. The predicted molar refractivity (Wildman–Crippen MR) is 95.5 cm³/mol. The van der Waals surface area contributed by atoms with Crippen LogP contribution >= 0.6 is 15.9 Å². The summed E-state index contributed by atoms with van der Waals surface area (Å²) in [6.07, 6.45) is 0. The summed E-state index contributed by atoms with van der Waals surface area (Å²) in [5, 5.41) is 14.1. The van der Waals surface area contributed by atoms with Gasteiger partial charge in [0.2, 0.25) is 0 Å². The summed E-state index contributed by atoms with van der Waals surface area (Å²) in [4.78, 5) is 12.3. The van der Waals surface area contributed by atoms with Crippen LogP contribution in [-0.4, -0.2) is 25.9 Å². The molecule has 1 amide bonds. The lowest BCUT2D eigenvalue weighted by Gasteiger charge is -2.04. The van der Waals surface area contributed by atoms with Crippen LogP contribution in [0.15, 0.2) is 28.7 Å². The second-order valence-electron chi connectivity index (χ2n) is 5.80. The van der Waals surface area contributed by atoms with Gasteiger partial charge in [-0.25, -0.2) is 4.39 Å². The first-order chi connectivity index (χ1) is 11.8. The van der Waals surface area contributed by atoms with Crippen LogP contribution in [0.3, 0.4) is 0 Å². The summed E-state index contributed by atoms with van der Waals surface area (Å²) in [7, 11) is 1.86. The van der Waals surface area contributed by atoms with E-state index in [9.17, 15) is 9.18 Å². The van der Waals surface area contributed by atoms with Crippen LogP contribution in [0, 0.1) is 19.7 Å². The number of carbonyl (C=O) groups is 1. The average molecular weight is 406 g/mol. The number of benzene rings is 1. The van der Waals surface area contributed by atoms with E-state index in [4.69, 9.17) is 0 Å². The monoisotopic (exact) mass is 405 g/mol. The molecule has 0 radical (unpaired) electrons. The molecule has 2 heterocycles. The molecule has 2 N–H and O–H groups in total. The topological polar surface area (TPSA) is 75.6 Å². The number of nitrogens with one attached hydrogen (secondary N) is 2. The van der Waals surface area contributed by atoms with Crippen molar-refractivity contribution in [1.29, 1.82) is 0 Å². The lowest BCUT2D eigenvalue weighted by atomic mass is 10.1. The maximum atomic E-state index is 13.4. The van der Waals surface area contributed by atoms with Crippen LogP contribution in [0.25, 0.3) is 11.3 Å². The molecule has 130 valence electrons. The highest BCUT2D eigenvalue weighted by molar-refractivity contribution is 9.10. The van der Waals surface area contributed by atoms with E-state index in [1.165, 1.54) is 12.1 Å². The quantitative estimate of drug-likeness (QED) is 0.699. The summed E-state index contributed by atoms with van der Waals surface area (Å²) in [5.74, 6) is -0.664. The van der Waals surface area contributed by atoms with Crippen molar-refractivity contribution in [3.63, 3.8) is 0 Å². The van der Waals surface area contributed by atoms with E-state index in [-0.39, 0.29) is 18.3 Å². The Morgan fingerprint density at radius 3 is 2.72 bits per heavy atom. The van der Waals surface area contributed by atoms with Crippen molar-refractivity contribution < 1.29 is 9.18 Å². The molecule has 0 unspecified atom stereocenters. The molecule has 0 bridgehead atoms. The number of aryl methyl sites for hydroxylation is 2. The smallest absolute Gasteiger partial charge is 0.269 e. The summed E-state index contributed by atoms with van der Waals surface area (Å²) >= 11 is 3.23. The normalized spacial score (nSPS) is 10.9. The van der Waals surface area contributed by atoms with E-state index in [2.05, 4.69) is 36.5 Å². The molecule has 0 atom stereocenters. The molecule has 0 saturated heterocycles. The van der Waals surface area contributed by atoms with E-state index >= 15 is 0 Å². The van der Waals surface area contributed by atoms with Gasteiger partial charge in [-0.05, 0) is 43.7 Å². The molecule has 0 aliphatic heterocycles. The molecule has 2 aromatic heterocycles. The molecule has 1 aromatic carbocycles. The summed E-state index contributed by atoms with van der Waals surface area (Å²) in [6, 6.07) is 6.19. The second-order valence-corrected chi connectivity index (χ2v) is 6.71. The van der Waals surface area contributed by atoms with E-state index < -0.39 is 0 Å². The number of hydrogen-bond donors (Lipinski definition) is 2. The Bertz CT molecular complexity index is 926. The Hall–Kier alpha value is -2.48. The van der Waals surface area contributed by atoms with Crippen LogP contribution in [0.1, 0.15) is 27.4 Å². The Labute approximate surface area is 152 Å². The fourth-order valence-corrected chi connectivity index (χ4v) is 3.21. The van der Waals surface area contributed by atoms with Gasteiger partial charge in [-0.15, -0.1) is 0 Å². The maximum absolute atomic E-state index is 13.4. The Morgan fingerprint density at radius 2 is 2.08 bits per heavy atom. The van der Waals surface area contributed by atoms with Crippen molar-refractivity contribution in [2.24, 2.45) is 7.05 Å². The summed E-state index contributed by atoms with van der Waals surface area (Å²) < 4.78 is 15.8. The fraction of sp³-hybridized carbons (Fsp3) is 0.235. The number of aromatic amines is 1. The first-order valence-electron chi connectivity index (χ1n) is 7.64. The number of amides is 1. The molecule has 3 rings (SSSR count). The molecular weight excluding hydrogens is 389 g/mol. The van der Waals surface area contributed by atoms with Gasteiger partial charge in [0.15, 0.2) is 0 Å². The van der Waals surface area contributed by atoms with Crippen LogP contribution in [0.2, 0.25) is 0 Å². The zero-order valence-corrected chi connectivity index (χ0v) is 15.6. The van der Waals surface area contributed by atoms with Gasteiger partial charge in [-0.2, -0.15) is 10.2 Å². The lowest BCUT2D eigenvalue weighted by Crippen LogP contribution is -2.23. The van der Waals surface area contributed by atoms with E-state index in [0.29, 0.717) is 21.4 Å². The number of carbonyl (C=O) groups excluding carboxylic acids is 1. The van der Waals surface area contributed by atoms with E-state index in [0.717, 1.165) is 17.0 Å². The highest BCUT2D eigenvalue weighted by Crippen LogP contribution is 2.25. The number of H-pyrrole nitrogens is 1. The third-order valence-corrected chi connectivity index (χ3v) is 4.42. The first kappa shape index (κ1) is 17.3. The number of rotatable bonds is 4.